The molecule has 66 valence electrons. The Morgan fingerprint density at radius 2 is 2.33 bits per heavy atom. The molecule has 1 amide bonds. The molecule has 0 aliphatic carbocycles. The Bertz CT molecular complexity index is 232. The van der Waals surface area contributed by atoms with E-state index in [0.29, 0.717) is 18.1 Å². The van der Waals surface area contributed by atoms with Crippen molar-refractivity contribution < 1.29 is 9.90 Å². The fraction of sp³-hybridized carbons (Fsp3) is 0.714. The third-order valence-electron chi connectivity index (χ3n) is 2.43. The fourth-order valence-electron chi connectivity index (χ4n) is 1.77. The summed E-state index contributed by atoms with van der Waals surface area (Å²) in [5.74, 6) is 0.0107. The Morgan fingerprint density at radius 1 is 1.67 bits per heavy atom. The lowest BCUT2D eigenvalue weighted by Crippen LogP contribution is -2.31. The van der Waals surface area contributed by atoms with E-state index < -0.39 is 6.10 Å². The summed E-state index contributed by atoms with van der Waals surface area (Å²) in [6, 6.07) is -0.197. The minimum atomic E-state index is -0.398. The van der Waals surface area contributed by atoms with E-state index in [1.165, 1.54) is 4.90 Å². The molecule has 2 saturated heterocycles. The van der Waals surface area contributed by atoms with Crippen LogP contribution in [0, 0.1) is 0 Å². The standard InChI is InChI=1S/C7H10N2O2S/c1-8-6(11)5-2-4(10)3-9(5)7(8)12/h4-5,10H,2-3H2,1H3/t4-,5+/m0/s1. The first kappa shape index (κ1) is 7.94. The minimum Gasteiger partial charge on any atom is -0.391 e. The summed E-state index contributed by atoms with van der Waals surface area (Å²) in [5, 5.41) is 9.83. The maximum atomic E-state index is 11.4. The quantitative estimate of drug-likeness (QED) is 0.502. The zero-order chi connectivity index (χ0) is 8.88. The molecule has 12 heavy (non-hydrogen) atoms. The van der Waals surface area contributed by atoms with Crippen molar-refractivity contribution in [2.24, 2.45) is 0 Å². The van der Waals surface area contributed by atoms with Crippen LogP contribution in [-0.4, -0.2) is 51.7 Å². The van der Waals surface area contributed by atoms with Gasteiger partial charge in [-0.3, -0.25) is 9.69 Å². The topological polar surface area (TPSA) is 43.8 Å². The van der Waals surface area contributed by atoms with Gasteiger partial charge in [0.15, 0.2) is 5.11 Å². The number of aliphatic hydroxyl groups excluding tert-OH is 1. The van der Waals surface area contributed by atoms with Gasteiger partial charge >= 0.3 is 0 Å². The predicted molar refractivity (Wildman–Crippen MR) is 46.5 cm³/mol. The maximum Gasteiger partial charge on any atom is 0.251 e. The molecule has 0 bridgehead atoms. The van der Waals surface area contributed by atoms with Gasteiger partial charge in [-0.25, -0.2) is 0 Å². The highest BCUT2D eigenvalue weighted by Crippen LogP contribution is 2.26. The number of hydrogen-bond donors (Lipinski definition) is 1. The lowest BCUT2D eigenvalue weighted by atomic mass is 10.2. The zero-order valence-corrected chi connectivity index (χ0v) is 7.54. The van der Waals surface area contributed by atoms with Gasteiger partial charge in [-0.15, -0.1) is 0 Å². The van der Waals surface area contributed by atoms with Crippen LogP contribution in [0.15, 0.2) is 0 Å². The molecule has 0 aromatic heterocycles. The molecule has 2 fully saturated rings. The molecule has 5 heteroatoms. The van der Waals surface area contributed by atoms with Crippen molar-refractivity contribution >= 4 is 23.2 Å². The summed E-state index contributed by atoms with van der Waals surface area (Å²) < 4.78 is 0. The number of nitrogens with zero attached hydrogens (tertiary/aromatic N) is 2. The number of thiocarbonyl (C=S) groups is 1. The minimum absolute atomic E-state index is 0.0107. The highest BCUT2D eigenvalue weighted by Gasteiger charge is 2.46. The second kappa shape index (κ2) is 2.40. The number of hydrogen-bond acceptors (Lipinski definition) is 3. The van der Waals surface area contributed by atoms with E-state index in [2.05, 4.69) is 0 Å². The highest BCUT2D eigenvalue weighted by atomic mass is 32.1. The van der Waals surface area contributed by atoms with Gasteiger partial charge in [0.25, 0.3) is 5.91 Å². The van der Waals surface area contributed by atoms with Crippen molar-refractivity contribution in [1.82, 2.24) is 9.80 Å². The zero-order valence-electron chi connectivity index (χ0n) is 6.73. The largest absolute Gasteiger partial charge is 0.391 e. The lowest BCUT2D eigenvalue weighted by Gasteiger charge is -2.15. The Labute approximate surface area is 75.8 Å². The van der Waals surface area contributed by atoms with E-state index in [0.717, 1.165) is 0 Å². The summed E-state index contributed by atoms with van der Waals surface area (Å²) >= 11 is 5.03. The van der Waals surface area contributed by atoms with E-state index in [1.807, 2.05) is 0 Å². The van der Waals surface area contributed by atoms with E-state index >= 15 is 0 Å². The van der Waals surface area contributed by atoms with Crippen LogP contribution < -0.4 is 0 Å². The molecule has 4 nitrogen and oxygen atoms in total. The van der Waals surface area contributed by atoms with Gasteiger partial charge in [0.1, 0.15) is 6.04 Å². The van der Waals surface area contributed by atoms with Crippen molar-refractivity contribution in [1.29, 1.82) is 0 Å². The van der Waals surface area contributed by atoms with Gasteiger partial charge in [0.2, 0.25) is 0 Å². The number of carbonyl (C=O) groups is 1. The number of fused-ring (bicyclic) bond motifs is 1. The molecule has 2 rings (SSSR count). The van der Waals surface area contributed by atoms with Crippen LogP contribution >= 0.6 is 12.2 Å². The first-order valence-electron chi connectivity index (χ1n) is 3.87. The normalized spacial score (nSPS) is 34.8. The molecule has 0 aromatic rings. The van der Waals surface area contributed by atoms with Crippen LogP contribution in [0.4, 0.5) is 0 Å². The average Bonchev–Trinajstić information content (AvgIpc) is 2.49. The third kappa shape index (κ3) is 0.864. The second-order valence-electron chi connectivity index (χ2n) is 3.24. The van der Waals surface area contributed by atoms with Gasteiger partial charge in [0, 0.05) is 20.0 Å². The highest BCUT2D eigenvalue weighted by molar-refractivity contribution is 7.80. The number of rotatable bonds is 0. The lowest BCUT2D eigenvalue weighted by molar-refractivity contribution is -0.127. The maximum absolute atomic E-state index is 11.4. The monoisotopic (exact) mass is 186 g/mol. The van der Waals surface area contributed by atoms with E-state index in [-0.39, 0.29) is 11.9 Å². The summed E-state index contributed by atoms with van der Waals surface area (Å²) in [6.07, 6.45) is 0.120. The van der Waals surface area contributed by atoms with Gasteiger partial charge in [-0.05, 0) is 12.2 Å². The predicted octanol–water partition coefficient (Wildman–Crippen LogP) is -0.822. The molecule has 0 saturated carbocycles. The molecule has 2 aliphatic heterocycles. The SMILES string of the molecule is CN1C(=O)[C@H]2C[C@H](O)CN2C1=S. The van der Waals surface area contributed by atoms with Crippen LogP contribution in [0.25, 0.3) is 0 Å². The fourth-order valence-corrected chi connectivity index (χ4v) is 2.06. The molecule has 0 radical (unpaired) electrons. The number of likely N-dealkylation sites (N-methyl/N-ethyl adjacent to an activating group) is 1. The Balaban J connectivity index is 2.27. The van der Waals surface area contributed by atoms with Crippen LogP contribution in [0.2, 0.25) is 0 Å². The molecular formula is C7H10N2O2S. The van der Waals surface area contributed by atoms with Gasteiger partial charge < -0.3 is 10.0 Å². The smallest absolute Gasteiger partial charge is 0.251 e. The molecule has 0 spiro atoms. The van der Waals surface area contributed by atoms with Crippen molar-refractivity contribution in [3.05, 3.63) is 0 Å². The molecule has 2 aliphatic rings. The Hall–Kier alpha value is -0.680. The van der Waals surface area contributed by atoms with E-state index in [9.17, 15) is 9.90 Å². The number of carbonyl (C=O) groups excluding carboxylic acids is 1. The summed E-state index contributed by atoms with van der Waals surface area (Å²) in [7, 11) is 1.68. The molecule has 1 N–H and O–H groups in total. The second-order valence-corrected chi connectivity index (χ2v) is 3.60. The van der Waals surface area contributed by atoms with Crippen LogP contribution in [0.1, 0.15) is 6.42 Å². The summed E-state index contributed by atoms with van der Waals surface area (Å²) in [6.45, 7) is 0.500. The average molecular weight is 186 g/mol. The van der Waals surface area contributed by atoms with E-state index in [4.69, 9.17) is 12.2 Å². The molecular weight excluding hydrogens is 176 g/mol. The molecule has 0 unspecified atom stereocenters. The van der Waals surface area contributed by atoms with Crippen molar-refractivity contribution in [3.63, 3.8) is 0 Å². The van der Waals surface area contributed by atoms with Crippen molar-refractivity contribution in [3.8, 4) is 0 Å². The number of amides is 1. The summed E-state index contributed by atoms with van der Waals surface area (Å²) in [4.78, 5) is 14.7. The van der Waals surface area contributed by atoms with E-state index in [1.54, 1.807) is 11.9 Å². The van der Waals surface area contributed by atoms with Gasteiger partial charge in [-0.2, -0.15) is 0 Å². The van der Waals surface area contributed by atoms with Crippen molar-refractivity contribution in [2.45, 2.75) is 18.6 Å². The third-order valence-corrected chi connectivity index (χ3v) is 2.94. The molecule has 2 atom stereocenters. The number of aliphatic hydroxyl groups is 1. The first-order valence-corrected chi connectivity index (χ1v) is 4.28. The molecule has 2 heterocycles. The first-order chi connectivity index (χ1) is 5.61. The van der Waals surface area contributed by atoms with Crippen LogP contribution in [0.3, 0.4) is 0 Å². The van der Waals surface area contributed by atoms with Crippen molar-refractivity contribution in [2.75, 3.05) is 13.6 Å². The summed E-state index contributed by atoms with van der Waals surface area (Å²) in [5.41, 5.74) is 0. The van der Waals surface area contributed by atoms with Gasteiger partial charge in [0.05, 0.1) is 6.10 Å². The van der Waals surface area contributed by atoms with Crippen LogP contribution in [0.5, 0.6) is 0 Å². The molecule has 0 aromatic carbocycles. The Morgan fingerprint density at radius 3 is 2.92 bits per heavy atom. The Kier molecular flexibility index (Phi) is 1.59. The van der Waals surface area contributed by atoms with Crippen LogP contribution in [-0.2, 0) is 4.79 Å². The van der Waals surface area contributed by atoms with Gasteiger partial charge in [-0.1, -0.05) is 0 Å².